The van der Waals surface area contributed by atoms with Crippen molar-refractivity contribution in [3.8, 4) is 0 Å². The zero-order chi connectivity index (χ0) is 16.2. The minimum absolute atomic E-state index is 0.0313. The molecule has 2 aliphatic rings. The Kier molecular flexibility index (Phi) is 5.59. The Bertz CT molecular complexity index is 569. The Balaban J connectivity index is 1.56. The molecule has 4 nitrogen and oxygen atoms in total. The standard InChI is InChI=1S/C17H23ClN2O2S/c18-15-9-8-13(23-15)11-19-16(21)14-7-4-10-20(14)17(22)12-5-2-1-3-6-12/h8-9,12,14H,1-7,10-11H2,(H,19,21). The number of halogens is 1. The third-order valence-electron chi connectivity index (χ3n) is 4.86. The van der Waals surface area contributed by atoms with Crippen LogP contribution >= 0.6 is 22.9 Å². The van der Waals surface area contributed by atoms with Crippen LogP contribution in [0.5, 0.6) is 0 Å². The van der Waals surface area contributed by atoms with E-state index in [1.54, 1.807) is 0 Å². The van der Waals surface area contributed by atoms with E-state index in [0.717, 1.165) is 54.3 Å². The van der Waals surface area contributed by atoms with Gasteiger partial charge >= 0.3 is 0 Å². The SMILES string of the molecule is O=C(NCc1ccc(Cl)s1)C1CCCN1C(=O)C1CCCCC1. The van der Waals surface area contributed by atoms with Gasteiger partial charge in [-0.15, -0.1) is 11.3 Å². The molecule has 2 fully saturated rings. The van der Waals surface area contributed by atoms with Crippen molar-refractivity contribution < 1.29 is 9.59 Å². The van der Waals surface area contributed by atoms with Crippen LogP contribution in [0, 0.1) is 5.92 Å². The number of hydrogen-bond acceptors (Lipinski definition) is 3. The summed E-state index contributed by atoms with van der Waals surface area (Å²) in [5, 5.41) is 2.96. The van der Waals surface area contributed by atoms with Gasteiger partial charge in [-0.25, -0.2) is 0 Å². The molecule has 1 aliphatic heterocycles. The third kappa shape index (κ3) is 4.07. The topological polar surface area (TPSA) is 49.4 Å². The molecule has 126 valence electrons. The fourth-order valence-electron chi connectivity index (χ4n) is 3.63. The molecule has 1 aromatic heterocycles. The molecule has 0 spiro atoms. The summed E-state index contributed by atoms with van der Waals surface area (Å²) in [7, 11) is 0. The molecule has 1 unspecified atom stereocenters. The average Bonchev–Trinajstić information content (AvgIpc) is 3.21. The Morgan fingerprint density at radius 3 is 2.65 bits per heavy atom. The molecule has 6 heteroatoms. The van der Waals surface area contributed by atoms with Crippen LogP contribution in [0.25, 0.3) is 0 Å². The van der Waals surface area contributed by atoms with Crippen LogP contribution in [0.4, 0.5) is 0 Å². The molecule has 2 heterocycles. The number of nitrogens with one attached hydrogen (secondary N) is 1. The molecule has 1 saturated heterocycles. The van der Waals surface area contributed by atoms with Gasteiger partial charge in [-0.1, -0.05) is 30.9 Å². The summed E-state index contributed by atoms with van der Waals surface area (Å²) in [6, 6.07) is 3.47. The van der Waals surface area contributed by atoms with Crippen molar-refractivity contribution in [3.05, 3.63) is 21.3 Å². The van der Waals surface area contributed by atoms with Crippen molar-refractivity contribution in [2.24, 2.45) is 5.92 Å². The van der Waals surface area contributed by atoms with Crippen molar-refractivity contribution in [3.63, 3.8) is 0 Å². The van der Waals surface area contributed by atoms with E-state index in [4.69, 9.17) is 11.6 Å². The van der Waals surface area contributed by atoms with Crippen LogP contribution in [0.2, 0.25) is 4.34 Å². The van der Waals surface area contributed by atoms with Gasteiger partial charge in [0.2, 0.25) is 11.8 Å². The molecule has 0 bridgehead atoms. The highest BCUT2D eigenvalue weighted by Crippen LogP contribution is 2.29. The van der Waals surface area contributed by atoms with Gasteiger partial charge in [0, 0.05) is 17.3 Å². The van der Waals surface area contributed by atoms with E-state index >= 15 is 0 Å². The lowest BCUT2D eigenvalue weighted by Gasteiger charge is -2.30. The van der Waals surface area contributed by atoms with Crippen LogP contribution < -0.4 is 5.32 Å². The molecule has 0 radical (unpaired) electrons. The molecule has 1 saturated carbocycles. The molecule has 1 N–H and O–H groups in total. The van der Waals surface area contributed by atoms with Gasteiger partial charge in [-0.05, 0) is 37.8 Å². The highest BCUT2D eigenvalue weighted by atomic mass is 35.5. The van der Waals surface area contributed by atoms with Gasteiger partial charge in [-0.3, -0.25) is 9.59 Å². The first-order chi connectivity index (χ1) is 11.1. The Labute approximate surface area is 146 Å². The first-order valence-electron chi connectivity index (χ1n) is 8.47. The number of thiophene rings is 1. The van der Waals surface area contributed by atoms with Crippen LogP contribution in [0.3, 0.4) is 0 Å². The van der Waals surface area contributed by atoms with E-state index in [1.165, 1.54) is 17.8 Å². The van der Waals surface area contributed by atoms with Gasteiger partial charge in [0.25, 0.3) is 0 Å². The largest absolute Gasteiger partial charge is 0.349 e. The van der Waals surface area contributed by atoms with E-state index in [0.29, 0.717) is 6.54 Å². The molecule has 0 aromatic carbocycles. The molecule has 23 heavy (non-hydrogen) atoms. The first-order valence-corrected chi connectivity index (χ1v) is 9.67. The Morgan fingerprint density at radius 2 is 1.96 bits per heavy atom. The summed E-state index contributed by atoms with van der Waals surface area (Å²) in [5.41, 5.74) is 0. The fraction of sp³-hybridized carbons (Fsp3) is 0.647. The summed E-state index contributed by atoms with van der Waals surface area (Å²) in [4.78, 5) is 28.1. The van der Waals surface area contributed by atoms with E-state index < -0.39 is 0 Å². The third-order valence-corrected chi connectivity index (χ3v) is 6.09. The number of carbonyl (C=O) groups excluding carboxylic acids is 2. The van der Waals surface area contributed by atoms with Crippen molar-refractivity contribution in [2.75, 3.05) is 6.54 Å². The summed E-state index contributed by atoms with van der Waals surface area (Å²) < 4.78 is 0.726. The first kappa shape index (κ1) is 16.8. The predicted octanol–water partition coefficient (Wildman–Crippen LogP) is 3.59. The summed E-state index contributed by atoms with van der Waals surface area (Å²) >= 11 is 7.38. The van der Waals surface area contributed by atoms with Crippen molar-refractivity contribution >= 4 is 34.8 Å². The van der Waals surface area contributed by atoms with E-state index in [2.05, 4.69) is 5.32 Å². The average molecular weight is 355 g/mol. The zero-order valence-corrected chi connectivity index (χ0v) is 14.8. The van der Waals surface area contributed by atoms with Gasteiger partial charge in [0.1, 0.15) is 6.04 Å². The number of amides is 2. The monoisotopic (exact) mass is 354 g/mol. The highest BCUT2D eigenvalue weighted by Gasteiger charge is 2.37. The summed E-state index contributed by atoms with van der Waals surface area (Å²) in [6.07, 6.45) is 7.17. The highest BCUT2D eigenvalue weighted by molar-refractivity contribution is 7.16. The van der Waals surface area contributed by atoms with Crippen LogP contribution in [0.15, 0.2) is 12.1 Å². The van der Waals surface area contributed by atoms with Gasteiger partial charge in [0.05, 0.1) is 10.9 Å². The maximum absolute atomic E-state index is 12.7. The second kappa shape index (κ2) is 7.67. The normalized spacial score (nSPS) is 22.3. The number of carbonyl (C=O) groups is 2. The molecular weight excluding hydrogens is 332 g/mol. The molecule has 1 aromatic rings. The zero-order valence-electron chi connectivity index (χ0n) is 13.2. The fourth-order valence-corrected chi connectivity index (χ4v) is 4.65. The van der Waals surface area contributed by atoms with Crippen molar-refractivity contribution in [2.45, 2.75) is 57.5 Å². The number of nitrogens with zero attached hydrogens (tertiary/aromatic N) is 1. The van der Waals surface area contributed by atoms with Crippen LogP contribution in [0.1, 0.15) is 49.8 Å². The summed E-state index contributed by atoms with van der Waals surface area (Å²) in [6.45, 7) is 1.20. The maximum Gasteiger partial charge on any atom is 0.243 e. The number of rotatable bonds is 4. The van der Waals surface area contributed by atoms with Crippen molar-refractivity contribution in [1.82, 2.24) is 10.2 Å². The van der Waals surface area contributed by atoms with Gasteiger partial charge in [0.15, 0.2) is 0 Å². The summed E-state index contributed by atoms with van der Waals surface area (Å²) in [5.74, 6) is 0.297. The maximum atomic E-state index is 12.7. The van der Waals surface area contributed by atoms with Crippen molar-refractivity contribution in [1.29, 1.82) is 0 Å². The predicted molar refractivity (Wildman–Crippen MR) is 92.5 cm³/mol. The molecule has 2 amide bonds. The van der Waals surface area contributed by atoms with Gasteiger partial charge in [-0.2, -0.15) is 0 Å². The quantitative estimate of drug-likeness (QED) is 0.898. The molecule has 1 atom stereocenters. The van der Waals surface area contributed by atoms with E-state index in [1.807, 2.05) is 17.0 Å². The van der Waals surface area contributed by atoms with E-state index in [9.17, 15) is 9.59 Å². The van der Waals surface area contributed by atoms with Crippen LogP contribution in [-0.4, -0.2) is 29.3 Å². The lowest BCUT2D eigenvalue weighted by Crippen LogP contribution is -2.47. The molecular formula is C17H23ClN2O2S. The number of likely N-dealkylation sites (tertiary alicyclic amines) is 1. The Hall–Kier alpha value is -1.07. The Morgan fingerprint density at radius 1 is 1.17 bits per heavy atom. The second-order valence-corrected chi connectivity index (χ2v) is 8.25. The van der Waals surface area contributed by atoms with Crippen LogP contribution in [-0.2, 0) is 16.1 Å². The lowest BCUT2D eigenvalue weighted by molar-refractivity contribution is -0.142. The smallest absolute Gasteiger partial charge is 0.243 e. The molecule has 1 aliphatic carbocycles. The minimum atomic E-state index is -0.292. The lowest BCUT2D eigenvalue weighted by atomic mass is 9.88. The van der Waals surface area contributed by atoms with Gasteiger partial charge < -0.3 is 10.2 Å². The number of hydrogen-bond donors (Lipinski definition) is 1. The molecule has 3 rings (SSSR count). The second-order valence-electron chi connectivity index (χ2n) is 6.45. The van der Waals surface area contributed by atoms with E-state index in [-0.39, 0.29) is 23.8 Å². The minimum Gasteiger partial charge on any atom is -0.349 e.